The summed E-state index contributed by atoms with van der Waals surface area (Å²) in [6, 6.07) is 0. The second-order valence-corrected chi connectivity index (χ2v) is 8.29. The highest BCUT2D eigenvalue weighted by Gasteiger charge is 2.39. The molecule has 1 fully saturated rings. The lowest BCUT2D eigenvalue weighted by molar-refractivity contribution is 0.475. The van der Waals surface area contributed by atoms with Crippen molar-refractivity contribution in [2.75, 3.05) is 18.1 Å². The molecule has 0 radical (unpaired) electrons. The number of hydrogen-bond donors (Lipinski definition) is 1. The molecular formula is C10H18N2O2S2. The highest BCUT2D eigenvalue weighted by Crippen LogP contribution is 2.27. The van der Waals surface area contributed by atoms with Crippen LogP contribution in [0.5, 0.6) is 0 Å². The Kier molecular flexibility index (Phi) is 3.22. The van der Waals surface area contributed by atoms with Gasteiger partial charge in [0.05, 0.1) is 23.6 Å². The molecule has 2 unspecified atom stereocenters. The summed E-state index contributed by atoms with van der Waals surface area (Å²) >= 11 is 1.74. The van der Waals surface area contributed by atoms with Crippen LogP contribution in [0.2, 0.25) is 0 Å². The lowest BCUT2D eigenvalue weighted by Gasteiger charge is -2.24. The van der Waals surface area contributed by atoms with Crippen molar-refractivity contribution < 1.29 is 8.42 Å². The molecule has 0 aromatic rings. The van der Waals surface area contributed by atoms with Gasteiger partial charge in [-0.25, -0.2) is 8.42 Å². The summed E-state index contributed by atoms with van der Waals surface area (Å²) in [5.41, 5.74) is -0.312. The van der Waals surface area contributed by atoms with E-state index >= 15 is 0 Å². The predicted molar refractivity (Wildman–Crippen MR) is 68.8 cm³/mol. The largest absolute Gasteiger partial charge is 0.359 e. The Hall–Kier alpha value is -0.230. The van der Waals surface area contributed by atoms with Gasteiger partial charge in [-0.3, -0.25) is 4.99 Å². The Morgan fingerprint density at radius 1 is 1.62 bits per heavy atom. The summed E-state index contributed by atoms with van der Waals surface area (Å²) in [6.45, 7) is 4.98. The molecule has 0 aromatic heterocycles. The van der Waals surface area contributed by atoms with E-state index in [-0.39, 0.29) is 11.3 Å². The lowest BCUT2D eigenvalue weighted by Crippen LogP contribution is -2.45. The van der Waals surface area contributed by atoms with E-state index in [1.807, 2.05) is 6.92 Å². The average Bonchev–Trinajstić information content (AvgIpc) is 2.71. The van der Waals surface area contributed by atoms with Crippen molar-refractivity contribution in [3.63, 3.8) is 0 Å². The maximum atomic E-state index is 11.5. The minimum atomic E-state index is -2.84. The summed E-state index contributed by atoms with van der Waals surface area (Å²) < 4.78 is 22.9. The molecule has 0 spiro atoms. The van der Waals surface area contributed by atoms with E-state index in [9.17, 15) is 8.42 Å². The molecule has 0 amide bonds. The van der Waals surface area contributed by atoms with Gasteiger partial charge in [0.2, 0.25) is 0 Å². The van der Waals surface area contributed by atoms with Crippen LogP contribution in [0.15, 0.2) is 4.99 Å². The maximum Gasteiger partial charge on any atom is 0.157 e. The normalized spacial score (nSPS) is 37.4. The Labute approximate surface area is 101 Å². The van der Waals surface area contributed by atoms with Crippen molar-refractivity contribution in [2.45, 2.75) is 37.5 Å². The summed E-state index contributed by atoms with van der Waals surface area (Å²) in [4.78, 5) is 4.42. The van der Waals surface area contributed by atoms with Crippen LogP contribution in [0, 0.1) is 0 Å². The summed E-state index contributed by atoms with van der Waals surface area (Å²) in [7, 11) is -2.84. The molecule has 0 aromatic carbocycles. The van der Waals surface area contributed by atoms with Crippen molar-refractivity contribution in [2.24, 2.45) is 4.99 Å². The molecule has 2 heterocycles. The molecule has 2 aliphatic rings. The fourth-order valence-electron chi connectivity index (χ4n) is 2.07. The van der Waals surface area contributed by atoms with Gasteiger partial charge in [0.25, 0.3) is 0 Å². The number of nitrogens with one attached hydrogen (secondary N) is 1. The monoisotopic (exact) mass is 262 g/mol. The smallest absolute Gasteiger partial charge is 0.157 e. The molecule has 2 aliphatic heterocycles. The number of amidine groups is 1. The highest BCUT2D eigenvalue weighted by molar-refractivity contribution is 8.14. The van der Waals surface area contributed by atoms with Crippen molar-refractivity contribution in [1.29, 1.82) is 0 Å². The van der Waals surface area contributed by atoms with Gasteiger partial charge in [0.15, 0.2) is 15.0 Å². The van der Waals surface area contributed by atoms with E-state index in [0.717, 1.165) is 18.1 Å². The Morgan fingerprint density at radius 2 is 2.38 bits per heavy atom. The number of rotatable bonds is 2. The van der Waals surface area contributed by atoms with Gasteiger partial charge >= 0.3 is 0 Å². The fourth-order valence-corrected chi connectivity index (χ4v) is 5.24. The van der Waals surface area contributed by atoms with E-state index in [1.165, 1.54) is 0 Å². The molecule has 2 rings (SSSR count). The molecule has 2 atom stereocenters. The van der Waals surface area contributed by atoms with Crippen LogP contribution in [0.1, 0.15) is 26.7 Å². The highest BCUT2D eigenvalue weighted by atomic mass is 32.2. The molecule has 1 saturated heterocycles. The third-order valence-corrected chi connectivity index (χ3v) is 6.26. The van der Waals surface area contributed by atoms with E-state index in [0.29, 0.717) is 17.4 Å². The average molecular weight is 262 g/mol. The Morgan fingerprint density at radius 3 is 2.88 bits per heavy atom. The van der Waals surface area contributed by atoms with Crippen LogP contribution in [0.25, 0.3) is 0 Å². The number of sulfone groups is 1. The minimum Gasteiger partial charge on any atom is -0.359 e. The van der Waals surface area contributed by atoms with E-state index in [1.54, 1.807) is 11.8 Å². The summed E-state index contributed by atoms with van der Waals surface area (Å²) in [5.74, 6) is 0.530. The van der Waals surface area contributed by atoms with E-state index in [4.69, 9.17) is 0 Å². The molecule has 0 saturated carbocycles. The topological polar surface area (TPSA) is 58.5 Å². The third kappa shape index (κ3) is 2.71. The van der Waals surface area contributed by atoms with Crippen LogP contribution >= 0.6 is 11.8 Å². The standard InChI is InChI=1S/C10H18N2O2S2/c1-3-8-6-11-9(15-8)12-10(2)4-5-16(13,14)7-10/h8H,3-7H2,1-2H3,(H,11,12). The molecule has 0 aliphatic carbocycles. The molecule has 1 N–H and O–H groups in total. The quantitative estimate of drug-likeness (QED) is 0.807. The number of thioether (sulfide) groups is 1. The first kappa shape index (κ1) is 12.2. The molecule has 92 valence electrons. The molecular weight excluding hydrogens is 244 g/mol. The third-order valence-electron chi connectivity index (χ3n) is 3.08. The van der Waals surface area contributed by atoms with Gasteiger partial charge in [-0.2, -0.15) is 0 Å². The molecule has 4 nitrogen and oxygen atoms in total. The number of aliphatic imine (C=N–C) groups is 1. The second kappa shape index (κ2) is 4.22. The van der Waals surface area contributed by atoms with Crippen LogP contribution in [-0.4, -0.2) is 42.4 Å². The van der Waals surface area contributed by atoms with Gasteiger partial charge in [0.1, 0.15) is 0 Å². The van der Waals surface area contributed by atoms with Crippen LogP contribution in [0.3, 0.4) is 0 Å². The minimum absolute atomic E-state index is 0.233. The summed E-state index contributed by atoms with van der Waals surface area (Å²) in [6.07, 6.45) is 1.79. The van der Waals surface area contributed by atoms with Crippen LogP contribution in [-0.2, 0) is 9.84 Å². The van der Waals surface area contributed by atoms with Crippen molar-refractivity contribution in [3.8, 4) is 0 Å². The number of hydrogen-bond acceptors (Lipinski definition) is 5. The Bertz CT molecular complexity index is 405. The molecule has 0 bridgehead atoms. The van der Waals surface area contributed by atoms with Crippen molar-refractivity contribution in [1.82, 2.24) is 5.32 Å². The Balaban J connectivity index is 1.96. The lowest BCUT2D eigenvalue weighted by atomic mass is 10.0. The first-order valence-electron chi connectivity index (χ1n) is 5.62. The van der Waals surface area contributed by atoms with Crippen molar-refractivity contribution >= 4 is 26.8 Å². The summed E-state index contributed by atoms with van der Waals surface area (Å²) in [5, 5.41) is 4.79. The SMILES string of the molecule is CCC1CN=C(NC2(C)CCS(=O)(=O)C2)S1. The first-order valence-corrected chi connectivity index (χ1v) is 8.32. The number of nitrogens with zero attached hydrogens (tertiary/aromatic N) is 1. The predicted octanol–water partition coefficient (Wildman–Crippen LogP) is 1.03. The van der Waals surface area contributed by atoms with Crippen molar-refractivity contribution in [3.05, 3.63) is 0 Å². The van der Waals surface area contributed by atoms with Gasteiger partial charge in [-0.05, 0) is 19.8 Å². The van der Waals surface area contributed by atoms with Gasteiger partial charge in [-0.1, -0.05) is 18.7 Å². The van der Waals surface area contributed by atoms with Gasteiger partial charge < -0.3 is 5.32 Å². The molecule has 16 heavy (non-hydrogen) atoms. The second-order valence-electron chi connectivity index (χ2n) is 4.82. The van der Waals surface area contributed by atoms with E-state index in [2.05, 4.69) is 17.2 Å². The van der Waals surface area contributed by atoms with Crippen LogP contribution < -0.4 is 5.32 Å². The molecule has 6 heteroatoms. The zero-order chi connectivity index (χ0) is 11.8. The van der Waals surface area contributed by atoms with Gasteiger partial charge in [0, 0.05) is 5.25 Å². The zero-order valence-electron chi connectivity index (χ0n) is 9.69. The maximum absolute atomic E-state index is 11.5. The fraction of sp³-hybridized carbons (Fsp3) is 0.900. The first-order chi connectivity index (χ1) is 7.42. The van der Waals surface area contributed by atoms with E-state index < -0.39 is 9.84 Å². The van der Waals surface area contributed by atoms with Gasteiger partial charge in [-0.15, -0.1) is 0 Å². The van der Waals surface area contributed by atoms with Crippen LogP contribution in [0.4, 0.5) is 0 Å². The zero-order valence-corrected chi connectivity index (χ0v) is 11.3.